The van der Waals surface area contributed by atoms with Crippen LogP contribution in [0.25, 0.3) is 0 Å². The molecular formula is C11H22N2O4. The molecule has 0 heterocycles. The number of ether oxygens (including phenoxy) is 2. The highest BCUT2D eigenvalue weighted by Crippen LogP contribution is 2.06. The van der Waals surface area contributed by atoms with Gasteiger partial charge in [-0.3, -0.25) is 0 Å². The van der Waals surface area contributed by atoms with Crippen molar-refractivity contribution in [3.63, 3.8) is 0 Å². The molecule has 0 spiro atoms. The van der Waals surface area contributed by atoms with Crippen molar-refractivity contribution in [3.8, 4) is 0 Å². The molecule has 2 amide bonds. The van der Waals surface area contributed by atoms with E-state index in [9.17, 15) is 9.59 Å². The lowest BCUT2D eigenvalue weighted by Gasteiger charge is -2.19. The van der Waals surface area contributed by atoms with Gasteiger partial charge in [-0.2, -0.15) is 0 Å². The lowest BCUT2D eigenvalue weighted by atomic mass is 10.2. The van der Waals surface area contributed by atoms with E-state index in [4.69, 9.17) is 4.74 Å². The number of hydrogen-bond donors (Lipinski definition) is 2. The number of methoxy groups -OCH3 is 1. The van der Waals surface area contributed by atoms with Gasteiger partial charge in [0, 0.05) is 13.1 Å². The quantitative estimate of drug-likeness (QED) is 0.723. The number of hydrogen-bond acceptors (Lipinski definition) is 4. The Labute approximate surface area is 102 Å². The van der Waals surface area contributed by atoms with Crippen LogP contribution in [0, 0.1) is 0 Å². The second-order valence-corrected chi connectivity index (χ2v) is 4.55. The van der Waals surface area contributed by atoms with Crippen molar-refractivity contribution in [1.29, 1.82) is 0 Å². The predicted octanol–water partition coefficient (Wildman–Crippen LogP) is 1.65. The first-order valence-corrected chi connectivity index (χ1v) is 5.64. The molecule has 17 heavy (non-hydrogen) atoms. The van der Waals surface area contributed by atoms with Crippen LogP contribution in [0.5, 0.6) is 0 Å². The third kappa shape index (κ3) is 10.8. The molecule has 0 saturated carbocycles. The van der Waals surface area contributed by atoms with Crippen molar-refractivity contribution in [2.75, 3.05) is 20.2 Å². The van der Waals surface area contributed by atoms with Gasteiger partial charge in [0.1, 0.15) is 5.60 Å². The molecule has 0 fully saturated rings. The SMILES string of the molecule is COC(=O)NCCCCNC(=O)OC(C)(C)C. The summed E-state index contributed by atoms with van der Waals surface area (Å²) in [5, 5.41) is 5.19. The highest BCUT2D eigenvalue weighted by atomic mass is 16.6. The first-order chi connectivity index (χ1) is 7.85. The molecule has 6 heteroatoms. The molecule has 2 N–H and O–H groups in total. The Morgan fingerprint density at radius 3 is 1.88 bits per heavy atom. The molecule has 0 saturated heterocycles. The van der Waals surface area contributed by atoms with Gasteiger partial charge in [0.05, 0.1) is 7.11 Å². The summed E-state index contributed by atoms with van der Waals surface area (Å²) in [6, 6.07) is 0. The summed E-state index contributed by atoms with van der Waals surface area (Å²) < 4.78 is 9.47. The second-order valence-electron chi connectivity index (χ2n) is 4.55. The molecule has 0 aliphatic rings. The molecule has 0 aromatic carbocycles. The molecule has 0 rings (SSSR count). The molecule has 0 aliphatic carbocycles. The van der Waals surface area contributed by atoms with Gasteiger partial charge in [0.15, 0.2) is 0 Å². The van der Waals surface area contributed by atoms with E-state index in [2.05, 4.69) is 15.4 Å². The minimum Gasteiger partial charge on any atom is -0.453 e. The zero-order chi connectivity index (χ0) is 13.3. The number of unbranched alkanes of at least 4 members (excludes halogenated alkanes) is 1. The van der Waals surface area contributed by atoms with Gasteiger partial charge in [-0.1, -0.05) is 0 Å². The number of alkyl carbamates (subject to hydrolysis) is 2. The minimum atomic E-state index is -0.476. The summed E-state index contributed by atoms with van der Waals surface area (Å²) in [5.41, 5.74) is -0.476. The Balaban J connectivity index is 3.40. The summed E-state index contributed by atoms with van der Waals surface area (Å²) >= 11 is 0. The summed E-state index contributed by atoms with van der Waals surface area (Å²) in [7, 11) is 1.32. The van der Waals surface area contributed by atoms with Gasteiger partial charge in [-0.25, -0.2) is 9.59 Å². The molecule has 100 valence electrons. The third-order valence-electron chi connectivity index (χ3n) is 1.73. The van der Waals surface area contributed by atoms with Crippen LogP contribution in [0.2, 0.25) is 0 Å². The van der Waals surface area contributed by atoms with E-state index in [1.165, 1.54) is 7.11 Å². The standard InChI is InChI=1S/C11H22N2O4/c1-11(2,3)17-10(15)13-8-6-5-7-12-9(14)16-4/h5-8H2,1-4H3,(H,12,14)(H,13,15). The van der Waals surface area contributed by atoms with E-state index in [1.54, 1.807) is 0 Å². The number of nitrogens with one attached hydrogen (secondary N) is 2. The van der Waals surface area contributed by atoms with Gasteiger partial charge in [-0.15, -0.1) is 0 Å². The van der Waals surface area contributed by atoms with Crippen molar-refractivity contribution >= 4 is 12.2 Å². The average molecular weight is 246 g/mol. The van der Waals surface area contributed by atoms with Crippen molar-refractivity contribution in [2.45, 2.75) is 39.2 Å². The average Bonchev–Trinajstić information content (AvgIpc) is 2.20. The minimum absolute atomic E-state index is 0.418. The highest BCUT2D eigenvalue weighted by Gasteiger charge is 2.15. The number of carbonyl (C=O) groups excluding carboxylic acids is 2. The Kier molecular flexibility index (Phi) is 7.09. The Morgan fingerprint density at radius 1 is 1.00 bits per heavy atom. The summed E-state index contributed by atoms with van der Waals surface area (Å²) in [5.74, 6) is 0. The first-order valence-electron chi connectivity index (χ1n) is 5.64. The van der Waals surface area contributed by atoms with Crippen LogP contribution in [-0.2, 0) is 9.47 Å². The number of carbonyl (C=O) groups is 2. The predicted molar refractivity (Wildman–Crippen MR) is 63.9 cm³/mol. The van der Waals surface area contributed by atoms with Gasteiger partial charge in [-0.05, 0) is 33.6 Å². The fraction of sp³-hybridized carbons (Fsp3) is 0.818. The van der Waals surface area contributed by atoms with Crippen LogP contribution in [0.1, 0.15) is 33.6 Å². The maximum absolute atomic E-state index is 11.2. The molecule has 6 nitrogen and oxygen atoms in total. The Morgan fingerprint density at radius 2 is 1.47 bits per heavy atom. The Bertz CT molecular complexity index is 248. The molecule has 0 aliphatic heterocycles. The van der Waals surface area contributed by atoms with Crippen molar-refractivity contribution in [3.05, 3.63) is 0 Å². The lowest BCUT2D eigenvalue weighted by molar-refractivity contribution is 0.0527. The van der Waals surface area contributed by atoms with E-state index in [1.807, 2.05) is 20.8 Å². The van der Waals surface area contributed by atoms with Crippen LogP contribution in [0.3, 0.4) is 0 Å². The normalized spacial score (nSPS) is 10.6. The van der Waals surface area contributed by atoms with E-state index in [-0.39, 0.29) is 0 Å². The smallest absolute Gasteiger partial charge is 0.407 e. The number of rotatable bonds is 5. The van der Waals surface area contributed by atoms with Gasteiger partial charge >= 0.3 is 12.2 Å². The maximum atomic E-state index is 11.2. The number of amides is 2. The molecule has 0 aromatic rings. The molecule has 0 radical (unpaired) electrons. The van der Waals surface area contributed by atoms with E-state index >= 15 is 0 Å². The molecule has 0 bridgehead atoms. The van der Waals surface area contributed by atoms with E-state index < -0.39 is 17.8 Å². The zero-order valence-electron chi connectivity index (χ0n) is 11.0. The fourth-order valence-corrected chi connectivity index (χ4v) is 1.02. The van der Waals surface area contributed by atoms with Crippen molar-refractivity contribution < 1.29 is 19.1 Å². The second kappa shape index (κ2) is 7.76. The highest BCUT2D eigenvalue weighted by molar-refractivity contribution is 5.67. The zero-order valence-corrected chi connectivity index (χ0v) is 11.0. The van der Waals surface area contributed by atoms with Gasteiger partial charge < -0.3 is 20.1 Å². The fourth-order valence-electron chi connectivity index (χ4n) is 1.02. The third-order valence-corrected chi connectivity index (χ3v) is 1.73. The summed E-state index contributed by atoms with van der Waals surface area (Å²) in [6.45, 7) is 6.49. The summed E-state index contributed by atoms with van der Waals surface area (Å²) in [6.07, 6.45) is 0.678. The van der Waals surface area contributed by atoms with Gasteiger partial charge in [0.2, 0.25) is 0 Å². The summed E-state index contributed by atoms with van der Waals surface area (Å²) in [4.78, 5) is 21.9. The van der Waals surface area contributed by atoms with E-state index in [0.717, 1.165) is 12.8 Å². The van der Waals surface area contributed by atoms with Crippen LogP contribution in [0.15, 0.2) is 0 Å². The monoisotopic (exact) mass is 246 g/mol. The van der Waals surface area contributed by atoms with Gasteiger partial charge in [0.25, 0.3) is 0 Å². The molecular weight excluding hydrogens is 224 g/mol. The first kappa shape index (κ1) is 15.5. The topological polar surface area (TPSA) is 76.7 Å². The largest absolute Gasteiger partial charge is 0.453 e. The van der Waals surface area contributed by atoms with Crippen molar-refractivity contribution in [1.82, 2.24) is 10.6 Å². The maximum Gasteiger partial charge on any atom is 0.407 e. The van der Waals surface area contributed by atoms with Crippen LogP contribution >= 0.6 is 0 Å². The molecule has 0 atom stereocenters. The molecule has 0 aromatic heterocycles. The Hall–Kier alpha value is -1.46. The van der Waals surface area contributed by atoms with Crippen LogP contribution in [-0.4, -0.2) is 38.0 Å². The van der Waals surface area contributed by atoms with Crippen LogP contribution < -0.4 is 10.6 Å². The lowest BCUT2D eigenvalue weighted by Crippen LogP contribution is -2.33. The van der Waals surface area contributed by atoms with Crippen molar-refractivity contribution in [2.24, 2.45) is 0 Å². The molecule has 0 unspecified atom stereocenters. The van der Waals surface area contributed by atoms with Crippen LogP contribution in [0.4, 0.5) is 9.59 Å². The van der Waals surface area contributed by atoms with E-state index in [0.29, 0.717) is 13.1 Å².